The molecular weight excluding hydrogens is 264 g/mol. The van der Waals surface area contributed by atoms with Gasteiger partial charge in [0.15, 0.2) is 0 Å². The molecule has 0 rings (SSSR count). The highest BCUT2D eigenvalue weighted by molar-refractivity contribution is 4.65. The fourth-order valence-electron chi connectivity index (χ4n) is 3.30. The van der Waals surface area contributed by atoms with Gasteiger partial charge in [-0.2, -0.15) is 0 Å². The van der Waals surface area contributed by atoms with Crippen molar-refractivity contribution in [3.8, 4) is 0 Å². The molecule has 0 fully saturated rings. The summed E-state index contributed by atoms with van der Waals surface area (Å²) in [6.07, 6.45) is 14.3. The van der Waals surface area contributed by atoms with E-state index >= 15 is 0 Å². The molecule has 0 N–H and O–H groups in total. The highest BCUT2D eigenvalue weighted by atomic mass is 14.2. The summed E-state index contributed by atoms with van der Waals surface area (Å²) in [4.78, 5) is 0. The van der Waals surface area contributed by atoms with Gasteiger partial charge in [0.1, 0.15) is 0 Å². The lowest BCUT2D eigenvalue weighted by Crippen LogP contribution is -2.08. The summed E-state index contributed by atoms with van der Waals surface area (Å²) >= 11 is 0. The maximum Gasteiger partial charge on any atom is -0.0417 e. The Hall–Kier alpha value is 0. The second kappa shape index (κ2) is 13.4. The molecule has 0 aromatic rings. The molecule has 0 aliphatic carbocycles. The third-order valence-corrected chi connectivity index (χ3v) is 6.15. The first-order valence-corrected chi connectivity index (χ1v) is 10.4. The van der Waals surface area contributed by atoms with Crippen LogP contribution in [0.3, 0.4) is 0 Å². The molecule has 4 unspecified atom stereocenters. The lowest BCUT2D eigenvalue weighted by Gasteiger charge is -2.21. The first-order valence-electron chi connectivity index (χ1n) is 10.4. The van der Waals surface area contributed by atoms with Crippen LogP contribution in [-0.2, 0) is 0 Å². The molecule has 0 spiro atoms. The van der Waals surface area contributed by atoms with E-state index in [1.165, 1.54) is 64.2 Å². The fraction of sp³-hybridized carbons (Fsp3) is 1.00. The Balaban J connectivity index is 3.72. The van der Waals surface area contributed by atoms with Crippen molar-refractivity contribution in [3.05, 3.63) is 0 Å². The summed E-state index contributed by atoms with van der Waals surface area (Å²) in [5.74, 6) is 4.60. The van der Waals surface area contributed by atoms with Gasteiger partial charge in [0.2, 0.25) is 0 Å². The van der Waals surface area contributed by atoms with Gasteiger partial charge in [-0.15, -0.1) is 0 Å². The summed E-state index contributed by atoms with van der Waals surface area (Å²) in [5.41, 5.74) is 0. The van der Waals surface area contributed by atoms with E-state index in [1.807, 2.05) is 0 Å². The van der Waals surface area contributed by atoms with Gasteiger partial charge in [-0.25, -0.2) is 0 Å². The average molecular weight is 311 g/mol. The monoisotopic (exact) mass is 310 g/mol. The van der Waals surface area contributed by atoms with Crippen LogP contribution in [0, 0.1) is 29.6 Å². The van der Waals surface area contributed by atoms with Crippen LogP contribution < -0.4 is 0 Å². The Labute approximate surface area is 142 Å². The maximum absolute atomic E-state index is 2.47. The topological polar surface area (TPSA) is 0 Å². The first-order chi connectivity index (χ1) is 10.4. The molecule has 0 heterocycles. The third-order valence-electron chi connectivity index (χ3n) is 6.15. The third kappa shape index (κ3) is 11.6. The van der Waals surface area contributed by atoms with E-state index in [2.05, 4.69) is 48.5 Å². The minimum Gasteiger partial charge on any atom is -0.0651 e. The standard InChI is InChI=1S/C22H46/c1-8-19(5)12-10-13-20(6)14-11-15-22(9-2)17-16-21(7)18(3)4/h18-22H,8-17H2,1-7H3. The fourth-order valence-corrected chi connectivity index (χ4v) is 3.30. The van der Waals surface area contributed by atoms with Crippen LogP contribution in [0.25, 0.3) is 0 Å². The number of hydrogen-bond acceptors (Lipinski definition) is 0. The van der Waals surface area contributed by atoms with Gasteiger partial charge in [0, 0.05) is 0 Å². The summed E-state index contributed by atoms with van der Waals surface area (Å²) in [6, 6.07) is 0. The molecule has 0 aromatic heterocycles. The number of rotatable bonds is 14. The van der Waals surface area contributed by atoms with Crippen LogP contribution in [0.4, 0.5) is 0 Å². The van der Waals surface area contributed by atoms with Crippen molar-refractivity contribution in [3.63, 3.8) is 0 Å². The van der Waals surface area contributed by atoms with Crippen LogP contribution >= 0.6 is 0 Å². The predicted octanol–water partition coefficient (Wildman–Crippen LogP) is 8.11. The van der Waals surface area contributed by atoms with Gasteiger partial charge in [-0.05, 0) is 29.6 Å². The molecule has 0 aliphatic rings. The van der Waals surface area contributed by atoms with Crippen molar-refractivity contribution in [1.29, 1.82) is 0 Å². The van der Waals surface area contributed by atoms with Gasteiger partial charge in [0.25, 0.3) is 0 Å². The zero-order chi connectivity index (χ0) is 17.0. The Morgan fingerprint density at radius 1 is 0.545 bits per heavy atom. The zero-order valence-electron chi connectivity index (χ0n) is 17.0. The van der Waals surface area contributed by atoms with Crippen molar-refractivity contribution < 1.29 is 0 Å². The lowest BCUT2D eigenvalue weighted by atomic mass is 9.85. The molecule has 0 aliphatic heterocycles. The van der Waals surface area contributed by atoms with Gasteiger partial charge < -0.3 is 0 Å². The average Bonchev–Trinajstić information content (AvgIpc) is 2.49. The summed E-state index contributed by atoms with van der Waals surface area (Å²) in [6.45, 7) is 16.7. The van der Waals surface area contributed by atoms with Gasteiger partial charge in [-0.3, -0.25) is 0 Å². The quantitative estimate of drug-likeness (QED) is 0.304. The molecule has 0 saturated carbocycles. The van der Waals surface area contributed by atoms with Crippen LogP contribution in [0.5, 0.6) is 0 Å². The van der Waals surface area contributed by atoms with Crippen LogP contribution in [-0.4, -0.2) is 0 Å². The van der Waals surface area contributed by atoms with E-state index in [-0.39, 0.29) is 0 Å². The molecule has 0 heteroatoms. The minimum atomic E-state index is 0.850. The first kappa shape index (κ1) is 22.0. The largest absolute Gasteiger partial charge is 0.0651 e. The smallest absolute Gasteiger partial charge is 0.0417 e. The normalized spacial score (nSPS) is 17.5. The van der Waals surface area contributed by atoms with Crippen molar-refractivity contribution in [2.45, 2.75) is 113 Å². The molecule has 0 nitrogen and oxygen atoms in total. The van der Waals surface area contributed by atoms with E-state index in [4.69, 9.17) is 0 Å². The Morgan fingerprint density at radius 3 is 1.59 bits per heavy atom. The molecule has 0 aromatic carbocycles. The summed E-state index contributed by atoms with van der Waals surface area (Å²) in [5, 5.41) is 0. The highest BCUT2D eigenvalue weighted by Crippen LogP contribution is 2.26. The second-order valence-electron chi connectivity index (χ2n) is 8.55. The van der Waals surface area contributed by atoms with Gasteiger partial charge in [-0.1, -0.05) is 113 Å². The van der Waals surface area contributed by atoms with Gasteiger partial charge >= 0.3 is 0 Å². The van der Waals surface area contributed by atoms with Crippen molar-refractivity contribution in [2.75, 3.05) is 0 Å². The molecule has 4 atom stereocenters. The van der Waals surface area contributed by atoms with E-state index < -0.39 is 0 Å². The van der Waals surface area contributed by atoms with Crippen molar-refractivity contribution in [2.24, 2.45) is 29.6 Å². The molecule has 0 saturated heterocycles. The molecule has 0 bridgehead atoms. The van der Waals surface area contributed by atoms with E-state index in [9.17, 15) is 0 Å². The zero-order valence-corrected chi connectivity index (χ0v) is 17.0. The Kier molecular flexibility index (Phi) is 13.4. The maximum atomic E-state index is 2.47. The Morgan fingerprint density at radius 2 is 1.09 bits per heavy atom. The number of hydrogen-bond donors (Lipinski definition) is 0. The second-order valence-corrected chi connectivity index (χ2v) is 8.55. The van der Waals surface area contributed by atoms with Crippen LogP contribution in [0.15, 0.2) is 0 Å². The summed E-state index contributed by atoms with van der Waals surface area (Å²) < 4.78 is 0. The molecule has 22 heavy (non-hydrogen) atoms. The highest BCUT2D eigenvalue weighted by Gasteiger charge is 2.12. The van der Waals surface area contributed by atoms with E-state index in [0.29, 0.717) is 0 Å². The Bertz CT molecular complexity index is 230. The van der Waals surface area contributed by atoms with E-state index in [1.54, 1.807) is 0 Å². The molecule has 0 radical (unpaired) electrons. The van der Waals surface area contributed by atoms with Crippen LogP contribution in [0.1, 0.15) is 113 Å². The molecular formula is C22H46. The summed E-state index contributed by atoms with van der Waals surface area (Å²) in [7, 11) is 0. The van der Waals surface area contributed by atoms with Crippen molar-refractivity contribution in [1.82, 2.24) is 0 Å². The van der Waals surface area contributed by atoms with E-state index in [0.717, 1.165) is 29.6 Å². The van der Waals surface area contributed by atoms with Crippen LogP contribution in [0.2, 0.25) is 0 Å². The SMILES string of the molecule is CCC(C)CCCC(C)CCCC(CC)CCC(C)C(C)C. The predicted molar refractivity (Wildman–Crippen MR) is 103 cm³/mol. The minimum absolute atomic E-state index is 0.850. The van der Waals surface area contributed by atoms with Crippen molar-refractivity contribution >= 4 is 0 Å². The lowest BCUT2D eigenvalue weighted by molar-refractivity contribution is 0.315. The van der Waals surface area contributed by atoms with Gasteiger partial charge in [0.05, 0.1) is 0 Å². The molecule has 0 amide bonds. The molecule has 134 valence electrons.